The molecule has 0 spiro atoms. The zero-order valence-corrected chi connectivity index (χ0v) is 24.3. The van der Waals surface area contributed by atoms with Crippen molar-refractivity contribution in [3.05, 3.63) is 112 Å². The first-order valence-corrected chi connectivity index (χ1v) is 14.9. The van der Waals surface area contributed by atoms with Crippen molar-refractivity contribution in [1.82, 2.24) is 9.88 Å². The lowest BCUT2D eigenvalue weighted by Gasteiger charge is -2.32. The molecular weight excluding hydrogens is 573 g/mol. The normalized spacial score (nSPS) is 15.6. The van der Waals surface area contributed by atoms with Crippen molar-refractivity contribution in [2.45, 2.75) is 32.0 Å². The Hall–Kier alpha value is -4.04. The highest BCUT2D eigenvalue weighted by atomic mass is 35.5. The first-order chi connectivity index (χ1) is 20.7. The number of hydrogen-bond donors (Lipinski definition) is 1. The van der Waals surface area contributed by atoms with E-state index in [9.17, 15) is 18.0 Å². The van der Waals surface area contributed by atoms with Crippen LogP contribution in [0.1, 0.15) is 39.9 Å². The summed E-state index contributed by atoms with van der Waals surface area (Å²) in [6, 6.07) is 23.6. The molecule has 1 amide bonds. The summed E-state index contributed by atoms with van der Waals surface area (Å²) in [6.07, 6.45) is 0.285. The highest BCUT2D eigenvalue weighted by Crippen LogP contribution is 2.37. The molecule has 2 aliphatic rings. The minimum Gasteiger partial charge on any atom is -0.367 e. The number of nitrogens with one attached hydrogen (secondary N) is 1. The number of amides is 1. The van der Waals surface area contributed by atoms with Crippen LogP contribution >= 0.6 is 11.6 Å². The van der Waals surface area contributed by atoms with Crippen LogP contribution in [0.2, 0.25) is 5.02 Å². The predicted molar refractivity (Wildman–Crippen MR) is 164 cm³/mol. The molecule has 0 bridgehead atoms. The summed E-state index contributed by atoms with van der Waals surface area (Å²) in [6.45, 7) is 2.61. The second kappa shape index (κ2) is 12.3. The van der Waals surface area contributed by atoms with Crippen LogP contribution in [0.5, 0.6) is 0 Å². The molecular formula is C34H32ClF3N4O. The number of benzene rings is 3. The van der Waals surface area contributed by atoms with Crippen LogP contribution < -0.4 is 10.2 Å². The number of aromatic nitrogens is 1. The highest BCUT2D eigenvalue weighted by Gasteiger charge is 2.34. The maximum absolute atomic E-state index is 13.7. The summed E-state index contributed by atoms with van der Waals surface area (Å²) >= 11 is 6.07. The summed E-state index contributed by atoms with van der Waals surface area (Å²) in [5, 5.41) is 3.50. The molecule has 0 saturated carbocycles. The van der Waals surface area contributed by atoms with Crippen LogP contribution in [0, 0.1) is 5.92 Å². The Kier molecular flexibility index (Phi) is 8.30. The van der Waals surface area contributed by atoms with Crippen molar-refractivity contribution in [2.24, 2.45) is 5.92 Å². The molecule has 3 aromatic carbocycles. The van der Waals surface area contributed by atoms with Gasteiger partial charge in [-0.3, -0.25) is 4.79 Å². The third kappa shape index (κ3) is 6.64. The fourth-order valence-corrected chi connectivity index (χ4v) is 6.23. The molecule has 222 valence electrons. The Morgan fingerprint density at radius 3 is 2.40 bits per heavy atom. The topological polar surface area (TPSA) is 48.5 Å². The number of anilines is 2. The third-order valence-electron chi connectivity index (χ3n) is 8.35. The number of hydrogen-bond acceptors (Lipinski definition) is 4. The number of piperidine rings is 1. The second-order valence-corrected chi connectivity index (χ2v) is 11.7. The third-order valence-corrected chi connectivity index (χ3v) is 8.59. The number of fused-ring (bicyclic) bond motifs is 1. The summed E-state index contributed by atoms with van der Waals surface area (Å²) in [5.41, 5.74) is 3.81. The summed E-state index contributed by atoms with van der Waals surface area (Å²) in [7, 11) is 0. The Balaban J connectivity index is 1.14. The van der Waals surface area contributed by atoms with Crippen molar-refractivity contribution in [3.63, 3.8) is 0 Å². The molecule has 5 nitrogen and oxygen atoms in total. The van der Waals surface area contributed by atoms with E-state index in [1.54, 1.807) is 6.20 Å². The number of likely N-dealkylation sites (tertiary alicyclic amines) is 1. The molecule has 4 aromatic rings. The highest BCUT2D eigenvalue weighted by molar-refractivity contribution is 6.30. The number of carbonyl (C=O) groups excluding carboxylic acids is 1. The Morgan fingerprint density at radius 2 is 1.67 bits per heavy atom. The van der Waals surface area contributed by atoms with Crippen LogP contribution in [0.3, 0.4) is 0 Å². The van der Waals surface area contributed by atoms with Gasteiger partial charge >= 0.3 is 6.18 Å². The lowest BCUT2D eigenvalue weighted by molar-refractivity contribution is -0.138. The van der Waals surface area contributed by atoms with Crippen LogP contribution in [0.4, 0.5) is 24.7 Å². The van der Waals surface area contributed by atoms with Gasteiger partial charge in [0.25, 0.3) is 5.91 Å². The van der Waals surface area contributed by atoms with Gasteiger partial charge in [0.15, 0.2) is 0 Å². The van der Waals surface area contributed by atoms with E-state index in [-0.39, 0.29) is 23.0 Å². The standard InChI is InChI=1S/C34H32ClF3N4O/c35-29-10-11-30(34(36,37)38)28(19-29)22-42-17-14-39-32-31(42)20-27(21-40-32)25-6-8-26(9-7-25)33(43)41-15-12-24(13-16-41)18-23-4-2-1-3-5-23/h1-11,19-21,24H,12-18,22H2,(H,39,40). The minimum atomic E-state index is -4.48. The van der Waals surface area contributed by atoms with E-state index in [0.29, 0.717) is 30.4 Å². The number of rotatable bonds is 6. The molecule has 1 aromatic heterocycles. The van der Waals surface area contributed by atoms with Crippen LogP contribution in [0.15, 0.2) is 85.1 Å². The maximum atomic E-state index is 13.7. The van der Waals surface area contributed by atoms with Gasteiger partial charge in [-0.1, -0.05) is 54.1 Å². The first-order valence-electron chi connectivity index (χ1n) is 14.5. The van der Waals surface area contributed by atoms with Gasteiger partial charge in [0.2, 0.25) is 0 Å². The molecule has 1 N–H and O–H groups in total. The van der Waals surface area contributed by atoms with Gasteiger partial charge in [-0.15, -0.1) is 0 Å². The van der Waals surface area contributed by atoms with Gasteiger partial charge in [0.05, 0.1) is 11.3 Å². The molecule has 6 rings (SSSR count). The van der Waals surface area contributed by atoms with E-state index in [1.165, 1.54) is 17.7 Å². The van der Waals surface area contributed by atoms with Gasteiger partial charge in [0.1, 0.15) is 5.82 Å². The minimum absolute atomic E-state index is 0.0330. The Morgan fingerprint density at radius 1 is 0.930 bits per heavy atom. The van der Waals surface area contributed by atoms with E-state index < -0.39 is 11.7 Å². The van der Waals surface area contributed by atoms with E-state index in [0.717, 1.165) is 55.2 Å². The van der Waals surface area contributed by atoms with Gasteiger partial charge in [0, 0.05) is 55.1 Å². The SMILES string of the molecule is O=C(c1ccc(-c2cnc3c(c2)N(Cc2cc(Cl)ccc2C(F)(F)F)CCN3)cc1)N1CCC(Cc2ccccc2)CC1. The van der Waals surface area contributed by atoms with Crippen LogP contribution in [-0.2, 0) is 19.1 Å². The Labute approximate surface area is 254 Å². The summed E-state index contributed by atoms with van der Waals surface area (Å²) in [5.74, 6) is 1.23. The molecule has 1 fully saturated rings. The van der Waals surface area contributed by atoms with E-state index >= 15 is 0 Å². The van der Waals surface area contributed by atoms with Gasteiger partial charge in [-0.05, 0) is 78.3 Å². The second-order valence-electron chi connectivity index (χ2n) is 11.2. The number of halogens is 4. The maximum Gasteiger partial charge on any atom is 0.416 e. The zero-order valence-electron chi connectivity index (χ0n) is 23.6. The molecule has 0 aliphatic carbocycles. The van der Waals surface area contributed by atoms with Crippen molar-refractivity contribution < 1.29 is 18.0 Å². The summed E-state index contributed by atoms with van der Waals surface area (Å²) in [4.78, 5) is 21.6. The average molecular weight is 605 g/mol. The molecule has 43 heavy (non-hydrogen) atoms. The monoisotopic (exact) mass is 604 g/mol. The predicted octanol–water partition coefficient (Wildman–Crippen LogP) is 7.95. The van der Waals surface area contributed by atoms with Crippen LogP contribution in [-0.4, -0.2) is 42.0 Å². The van der Waals surface area contributed by atoms with Crippen LogP contribution in [0.25, 0.3) is 11.1 Å². The number of alkyl halides is 3. The van der Waals surface area contributed by atoms with Gasteiger partial charge < -0.3 is 15.1 Å². The molecule has 1 saturated heterocycles. The first kappa shape index (κ1) is 29.1. The Bertz CT molecular complexity index is 1590. The van der Waals surface area contributed by atoms with E-state index in [4.69, 9.17) is 11.6 Å². The van der Waals surface area contributed by atoms with Crippen molar-refractivity contribution in [3.8, 4) is 11.1 Å². The lowest BCUT2D eigenvalue weighted by Crippen LogP contribution is -2.38. The fourth-order valence-electron chi connectivity index (χ4n) is 6.03. The fraction of sp³-hybridized carbons (Fsp3) is 0.294. The lowest BCUT2D eigenvalue weighted by atomic mass is 9.90. The molecule has 3 heterocycles. The zero-order chi connectivity index (χ0) is 30.0. The van der Waals surface area contributed by atoms with Crippen molar-refractivity contribution in [2.75, 3.05) is 36.4 Å². The van der Waals surface area contributed by atoms with Gasteiger partial charge in [-0.2, -0.15) is 13.2 Å². The smallest absolute Gasteiger partial charge is 0.367 e. The number of nitrogens with zero attached hydrogens (tertiary/aromatic N) is 3. The molecule has 2 aliphatic heterocycles. The molecule has 9 heteroatoms. The largest absolute Gasteiger partial charge is 0.416 e. The number of carbonyl (C=O) groups is 1. The number of pyridine rings is 1. The quantitative estimate of drug-likeness (QED) is 0.243. The van der Waals surface area contributed by atoms with Gasteiger partial charge in [-0.25, -0.2) is 4.98 Å². The average Bonchev–Trinajstić information content (AvgIpc) is 3.01. The molecule has 0 atom stereocenters. The molecule has 0 radical (unpaired) electrons. The van der Waals surface area contributed by atoms with Crippen molar-refractivity contribution in [1.29, 1.82) is 0 Å². The van der Waals surface area contributed by atoms with E-state index in [1.807, 2.05) is 46.2 Å². The summed E-state index contributed by atoms with van der Waals surface area (Å²) < 4.78 is 41.1. The van der Waals surface area contributed by atoms with E-state index in [2.05, 4.69) is 34.6 Å². The van der Waals surface area contributed by atoms with Crippen molar-refractivity contribution >= 4 is 29.0 Å². The molecule has 0 unspecified atom stereocenters.